The Labute approximate surface area is 80.3 Å². The van der Waals surface area contributed by atoms with Crippen LogP contribution in [0.3, 0.4) is 0 Å². The lowest BCUT2D eigenvalue weighted by Crippen LogP contribution is -2.56. The maximum atomic E-state index is 12.4. The van der Waals surface area contributed by atoms with E-state index in [4.69, 9.17) is 0 Å². The molecule has 1 radical (unpaired) electrons. The van der Waals surface area contributed by atoms with Crippen LogP contribution in [0.5, 0.6) is 0 Å². The van der Waals surface area contributed by atoms with Crippen LogP contribution in [0.4, 0.5) is 0 Å². The monoisotopic (exact) mass is 183 g/mol. The van der Waals surface area contributed by atoms with Gasteiger partial charge in [0, 0.05) is 25.9 Å². The standard InChI is InChI=1S/C10H19N2O/c13-12(8-2-1-3-9-12)10-4-6-11-7-5-10/h10H,1-9H2. The van der Waals surface area contributed by atoms with Gasteiger partial charge in [-0.1, -0.05) is 0 Å². The van der Waals surface area contributed by atoms with Gasteiger partial charge in [-0.25, -0.2) is 5.32 Å². The van der Waals surface area contributed by atoms with E-state index >= 15 is 0 Å². The van der Waals surface area contributed by atoms with Crippen LogP contribution in [-0.2, 0) is 0 Å². The number of hydroxylamine groups is 3. The summed E-state index contributed by atoms with van der Waals surface area (Å²) in [5.41, 5.74) is 0. The lowest BCUT2D eigenvalue weighted by molar-refractivity contribution is -0.911. The molecular formula is C10H19N2O. The number of piperidine rings is 2. The van der Waals surface area contributed by atoms with E-state index in [9.17, 15) is 5.21 Å². The van der Waals surface area contributed by atoms with E-state index in [0.717, 1.165) is 51.9 Å². The van der Waals surface area contributed by atoms with Crippen molar-refractivity contribution in [1.82, 2.24) is 5.32 Å². The van der Waals surface area contributed by atoms with E-state index in [1.54, 1.807) is 0 Å². The Morgan fingerprint density at radius 2 is 1.62 bits per heavy atom. The van der Waals surface area contributed by atoms with Crippen LogP contribution < -0.4 is 5.32 Å². The Hall–Kier alpha value is -0.120. The first-order valence-electron chi connectivity index (χ1n) is 5.52. The lowest BCUT2D eigenvalue weighted by Gasteiger charge is -2.52. The lowest BCUT2D eigenvalue weighted by atomic mass is 10.0. The van der Waals surface area contributed by atoms with Crippen molar-refractivity contribution < 1.29 is 4.65 Å². The number of hydrogen-bond donors (Lipinski definition) is 0. The molecule has 13 heavy (non-hydrogen) atoms. The zero-order valence-electron chi connectivity index (χ0n) is 8.24. The van der Waals surface area contributed by atoms with Gasteiger partial charge in [-0.2, -0.15) is 0 Å². The summed E-state index contributed by atoms with van der Waals surface area (Å²) in [7, 11) is 0. The molecule has 0 aromatic heterocycles. The highest BCUT2D eigenvalue weighted by Crippen LogP contribution is 2.26. The molecule has 75 valence electrons. The predicted molar refractivity (Wildman–Crippen MR) is 52.1 cm³/mol. The molecule has 2 heterocycles. The van der Waals surface area contributed by atoms with Crippen molar-refractivity contribution >= 4 is 0 Å². The van der Waals surface area contributed by atoms with Crippen LogP contribution in [0.1, 0.15) is 32.1 Å². The number of hydrogen-bond acceptors (Lipinski definition) is 1. The molecule has 0 N–H and O–H groups in total. The first kappa shape index (κ1) is 9.44. The maximum absolute atomic E-state index is 12.4. The average molecular weight is 183 g/mol. The van der Waals surface area contributed by atoms with Crippen molar-refractivity contribution in [2.24, 2.45) is 0 Å². The summed E-state index contributed by atoms with van der Waals surface area (Å²) in [6.45, 7) is 3.58. The van der Waals surface area contributed by atoms with Gasteiger partial charge in [0.1, 0.15) is 0 Å². The Kier molecular flexibility index (Phi) is 2.86. The molecule has 0 amide bonds. The minimum Gasteiger partial charge on any atom is -0.633 e. The summed E-state index contributed by atoms with van der Waals surface area (Å²) >= 11 is 0. The normalized spacial score (nSPS) is 30.2. The molecule has 2 saturated heterocycles. The molecule has 2 aliphatic rings. The van der Waals surface area contributed by atoms with E-state index in [1.165, 1.54) is 6.42 Å². The highest BCUT2D eigenvalue weighted by molar-refractivity contribution is 4.71. The largest absolute Gasteiger partial charge is 0.633 e. The Balaban J connectivity index is 1.94. The van der Waals surface area contributed by atoms with Crippen LogP contribution in [0.15, 0.2) is 0 Å². The second-order valence-electron chi connectivity index (χ2n) is 4.36. The number of likely N-dealkylation sites (tertiary alicyclic amines) is 1. The van der Waals surface area contributed by atoms with E-state index in [1.807, 2.05) is 0 Å². The van der Waals surface area contributed by atoms with Crippen molar-refractivity contribution in [2.45, 2.75) is 38.1 Å². The van der Waals surface area contributed by atoms with Crippen LogP contribution >= 0.6 is 0 Å². The van der Waals surface area contributed by atoms with Crippen LogP contribution in [0, 0.1) is 5.21 Å². The number of nitrogens with zero attached hydrogens (tertiary/aromatic N) is 2. The van der Waals surface area contributed by atoms with Crippen molar-refractivity contribution in [3.05, 3.63) is 5.21 Å². The molecule has 0 bridgehead atoms. The molecule has 0 aromatic rings. The third-order valence-electron chi connectivity index (χ3n) is 3.48. The van der Waals surface area contributed by atoms with Gasteiger partial charge in [-0.3, -0.25) is 0 Å². The molecule has 2 rings (SSSR count). The zero-order chi connectivity index (χ0) is 9.15. The van der Waals surface area contributed by atoms with Gasteiger partial charge >= 0.3 is 0 Å². The van der Waals surface area contributed by atoms with Gasteiger partial charge in [0.15, 0.2) is 0 Å². The van der Waals surface area contributed by atoms with Crippen LogP contribution in [0.2, 0.25) is 0 Å². The molecular weight excluding hydrogens is 164 g/mol. The molecule has 0 saturated carbocycles. The molecule has 3 nitrogen and oxygen atoms in total. The Morgan fingerprint density at radius 1 is 1.00 bits per heavy atom. The van der Waals surface area contributed by atoms with Crippen molar-refractivity contribution in [2.75, 3.05) is 26.2 Å². The minimum atomic E-state index is 0.107. The van der Waals surface area contributed by atoms with E-state index in [0.29, 0.717) is 6.04 Å². The smallest absolute Gasteiger partial charge is 0.0913 e. The molecule has 2 fully saturated rings. The van der Waals surface area contributed by atoms with Crippen molar-refractivity contribution in [1.29, 1.82) is 0 Å². The maximum Gasteiger partial charge on any atom is 0.0913 e. The van der Waals surface area contributed by atoms with E-state index in [2.05, 4.69) is 5.32 Å². The van der Waals surface area contributed by atoms with Gasteiger partial charge in [0.05, 0.1) is 19.1 Å². The molecule has 0 unspecified atom stereocenters. The first-order valence-corrected chi connectivity index (χ1v) is 5.52. The van der Waals surface area contributed by atoms with Crippen molar-refractivity contribution in [3.63, 3.8) is 0 Å². The molecule has 0 aliphatic carbocycles. The molecule has 2 aliphatic heterocycles. The fourth-order valence-electron chi connectivity index (χ4n) is 2.62. The fraction of sp³-hybridized carbons (Fsp3) is 1.00. The highest BCUT2D eigenvalue weighted by Gasteiger charge is 2.31. The van der Waals surface area contributed by atoms with E-state index in [-0.39, 0.29) is 4.65 Å². The number of quaternary nitrogens is 1. The SMILES string of the molecule is [O-][N+]1(C2CC[N]CC2)CCCCC1. The Morgan fingerprint density at radius 3 is 2.23 bits per heavy atom. The van der Waals surface area contributed by atoms with Gasteiger partial charge in [-0.05, 0) is 19.3 Å². The molecule has 3 heteroatoms. The third kappa shape index (κ3) is 2.03. The second kappa shape index (κ2) is 3.95. The van der Waals surface area contributed by atoms with Gasteiger partial charge in [-0.15, -0.1) is 0 Å². The first-order chi connectivity index (χ1) is 6.31. The third-order valence-corrected chi connectivity index (χ3v) is 3.48. The second-order valence-corrected chi connectivity index (χ2v) is 4.36. The summed E-state index contributed by atoms with van der Waals surface area (Å²) in [5.74, 6) is 0. The molecule has 0 spiro atoms. The average Bonchev–Trinajstić information content (AvgIpc) is 2.20. The predicted octanol–water partition coefficient (Wildman–Crippen LogP) is 1.25. The quantitative estimate of drug-likeness (QED) is 0.445. The van der Waals surface area contributed by atoms with Gasteiger partial charge in [0.25, 0.3) is 0 Å². The van der Waals surface area contributed by atoms with Gasteiger partial charge in [0.2, 0.25) is 0 Å². The molecule has 0 aromatic carbocycles. The highest BCUT2D eigenvalue weighted by atomic mass is 16.5. The summed E-state index contributed by atoms with van der Waals surface area (Å²) in [6, 6.07) is 0.373. The summed E-state index contributed by atoms with van der Waals surface area (Å²) in [5, 5.41) is 16.7. The topological polar surface area (TPSA) is 37.2 Å². The fourth-order valence-corrected chi connectivity index (χ4v) is 2.62. The van der Waals surface area contributed by atoms with Gasteiger partial charge < -0.3 is 9.85 Å². The summed E-state index contributed by atoms with van der Waals surface area (Å²) in [4.78, 5) is 0. The van der Waals surface area contributed by atoms with E-state index < -0.39 is 0 Å². The summed E-state index contributed by atoms with van der Waals surface area (Å²) in [6.07, 6.45) is 5.60. The number of rotatable bonds is 1. The Bertz CT molecular complexity index is 160. The summed E-state index contributed by atoms with van der Waals surface area (Å²) < 4.78 is 0.107. The van der Waals surface area contributed by atoms with Crippen LogP contribution in [0.25, 0.3) is 0 Å². The van der Waals surface area contributed by atoms with Crippen molar-refractivity contribution in [3.8, 4) is 0 Å². The zero-order valence-corrected chi connectivity index (χ0v) is 8.24. The van der Waals surface area contributed by atoms with Crippen LogP contribution in [-0.4, -0.2) is 36.9 Å². The molecule has 0 atom stereocenters. The minimum absolute atomic E-state index is 0.107.